The molecule has 0 atom stereocenters. The minimum absolute atomic E-state index is 0.123. The molecule has 1 aliphatic heterocycles. The first-order valence-corrected chi connectivity index (χ1v) is 10.8. The minimum Gasteiger partial charge on any atom is -0.494 e. The molecule has 0 unspecified atom stereocenters. The Morgan fingerprint density at radius 2 is 1.71 bits per heavy atom. The van der Waals surface area contributed by atoms with Gasteiger partial charge in [0.15, 0.2) is 5.75 Å². The maximum atomic E-state index is 12.8. The van der Waals surface area contributed by atoms with Crippen molar-refractivity contribution < 1.29 is 23.8 Å². The van der Waals surface area contributed by atoms with Gasteiger partial charge in [0.05, 0.1) is 18.9 Å². The maximum absolute atomic E-state index is 12.8. The summed E-state index contributed by atoms with van der Waals surface area (Å²) < 4.78 is 16.4. The Bertz CT molecular complexity index is 895. The Balaban J connectivity index is 1.64. The van der Waals surface area contributed by atoms with Gasteiger partial charge in [0.25, 0.3) is 0 Å². The molecule has 1 saturated heterocycles. The quantitative estimate of drug-likeness (QED) is 0.621. The molecule has 0 spiro atoms. The van der Waals surface area contributed by atoms with Gasteiger partial charge in [-0.3, -0.25) is 4.79 Å². The number of ether oxygens (including phenoxy) is 3. The van der Waals surface area contributed by atoms with Crippen LogP contribution in [-0.2, 0) is 9.53 Å². The lowest BCUT2D eigenvalue weighted by Gasteiger charge is -2.30. The van der Waals surface area contributed by atoms with Crippen LogP contribution in [0.15, 0.2) is 42.5 Å². The van der Waals surface area contributed by atoms with Crippen molar-refractivity contribution in [2.45, 2.75) is 26.7 Å². The zero-order valence-corrected chi connectivity index (χ0v) is 18.5. The van der Waals surface area contributed by atoms with E-state index < -0.39 is 0 Å². The highest BCUT2D eigenvalue weighted by atomic mass is 35.5. The molecular weight excluding hydrogens is 420 g/mol. The fourth-order valence-corrected chi connectivity index (χ4v) is 3.53. The Hall–Kier alpha value is -2.93. The lowest BCUT2D eigenvalue weighted by Crippen LogP contribution is -2.41. The smallest absolute Gasteiger partial charge is 0.409 e. The van der Waals surface area contributed by atoms with E-state index in [9.17, 15) is 9.59 Å². The summed E-state index contributed by atoms with van der Waals surface area (Å²) >= 11 is 6.15. The van der Waals surface area contributed by atoms with Crippen molar-refractivity contribution >= 4 is 29.3 Å². The van der Waals surface area contributed by atoms with Gasteiger partial charge in [0.1, 0.15) is 11.5 Å². The monoisotopic (exact) mass is 446 g/mol. The topological polar surface area (TPSA) is 77.1 Å². The average molecular weight is 447 g/mol. The molecule has 3 rings (SSSR count). The number of halogens is 1. The number of benzene rings is 2. The van der Waals surface area contributed by atoms with E-state index in [2.05, 4.69) is 5.32 Å². The number of carbonyl (C=O) groups excluding carboxylic acids is 2. The molecule has 0 aromatic heterocycles. The Kier molecular flexibility index (Phi) is 8.00. The third-order valence-corrected chi connectivity index (χ3v) is 5.19. The third-order valence-electron chi connectivity index (χ3n) is 4.95. The van der Waals surface area contributed by atoms with Gasteiger partial charge in [-0.05, 0) is 69.2 Å². The predicted octanol–water partition coefficient (Wildman–Crippen LogP) is 5.34. The summed E-state index contributed by atoms with van der Waals surface area (Å²) in [6.07, 6.45) is 0.808. The number of piperidine rings is 1. The maximum Gasteiger partial charge on any atom is 0.409 e. The van der Waals surface area contributed by atoms with Crippen LogP contribution in [0.1, 0.15) is 26.7 Å². The average Bonchev–Trinajstić information content (AvgIpc) is 2.77. The molecule has 1 heterocycles. The lowest BCUT2D eigenvalue weighted by atomic mass is 9.96. The Morgan fingerprint density at radius 1 is 1.03 bits per heavy atom. The molecule has 0 radical (unpaired) electrons. The van der Waals surface area contributed by atoms with Crippen molar-refractivity contribution in [3.05, 3.63) is 47.5 Å². The number of hydrogen-bond donors (Lipinski definition) is 1. The van der Waals surface area contributed by atoms with E-state index in [1.54, 1.807) is 42.2 Å². The summed E-state index contributed by atoms with van der Waals surface area (Å²) in [7, 11) is 0. The molecule has 1 N–H and O–H groups in total. The molecule has 31 heavy (non-hydrogen) atoms. The highest BCUT2D eigenvalue weighted by Crippen LogP contribution is 2.33. The van der Waals surface area contributed by atoms with Crippen molar-refractivity contribution in [2.24, 2.45) is 5.92 Å². The summed E-state index contributed by atoms with van der Waals surface area (Å²) in [5.74, 6) is 1.54. The molecule has 2 amide bonds. The van der Waals surface area contributed by atoms with E-state index in [1.807, 2.05) is 19.1 Å². The molecule has 0 aliphatic carbocycles. The van der Waals surface area contributed by atoms with Crippen molar-refractivity contribution in [2.75, 3.05) is 31.6 Å². The van der Waals surface area contributed by atoms with Crippen molar-refractivity contribution in [3.8, 4) is 17.2 Å². The van der Waals surface area contributed by atoms with Gasteiger partial charge in [0, 0.05) is 24.0 Å². The van der Waals surface area contributed by atoms with Crippen LogP contribution in [0.4, 0.5) is 10.5 Å². The highest BCUT2D eigenvalue weighted by Gasteiger charge is 2.28. The zero-order chi connectivity index (χ0) is 22.2. The van der Waals surface area contributed by atoms with Crippen molar-refractivity contribution in [1.29, 1.82) is 0 Å². The molecule has 1 aliphatic rings. The van der Waals surface area contributed by atoms with E-state index >= 15 is 0 Å². The van der Waals surface area contributed by atoms with Crippen molar-refractivity contribution in [1.82, 2.24) is 4.90 Å². The summed E-state index contributed by atoms with van der Waals surface area (Å²) in [5.41, 5.74) is 0.499. The fraction of sp³-hybridized carbons (Fsp3) is 0.391. The number of carbonyl (C=O) groups is 2. The zero-order valence-electron chi connectivity index (χ0n) is 17.7. The first kappa shape index (κ1) is 22.7. The Morgan fingerprint density at radius 3 is 2.35 bits per heavy atom. The van der Waals surface area contributed by atoms with E-state index in [0.29, 0.717) is 61.4 Å². The molecule has 166 valence electrons. The Labute approximate surface area is 187 Å². The minimum atomic E-state index is -0.331. The molecule has 0 saturated carbocycles. The molecular formula is C23H27ClN2O5. The highest BCUT2D eigenvalue weighted by molar-refractivity contribution is 6.31. The van der Waals surface area contributed by atoms with Gasteiger partial charge in [-0.1, -0.05) is 11.6 Å². The fourth-order valence-electron chi connectivity index (χ4n) is 3.36. The van der Waals surface area contributed by atoms with Crippen LogP contribution < -0.4 is 14.8 Å². The second-order valence-corrected chi connectivity index (χ2v) is 7.53. The summed E-state index contributed by atoms with van der Waals surface area (Å²) in [4.78, 5) is 26.3. The SMILES string of the molecule is CCOC(=O)N1CCC(C(=O)Nc2cc(Cl)ccc2Oc2ccc(OCC)cc2)CC1. The molecule has 7 nitrogen and oxygen atoms in total. The number of anilines is 1. The van der Waals surface area contributed by atoms with Crippen LogP contribution >= 0.6 is 11.6 Å². The van der Waals surface area contributed by atoms with Crippen LogP contribution in [0.3, 0.4) is 0 Å². The van der Waals surface area contributed by atoms with Gasteiger partial charge in [-0.15, -0.1) is 0 Å². The number of likely N-dealkylation sites (tertiary alicyclic amines) is 1. The van der Waals surface area contributed by atoms with Crippen LogP contribution in [0.25, 0.3) is 0 Å². The number of nitrogens with one attached hydrogen (secondary N) is 1. The molecule has 1 fully saturated rings. The molecule has 0 bridgehead atoms. The van der Waals surface area contributed by atoms with Gasteiger partial charge in [-0.2, -0.15) is 0 Å². The van der Waals surface area contributed by atoms with E-state index in [1.165, 1.54) is 0 Å². The van der Waals surface area contributed by atoms with Gasteiger partial charge < -0.3 is 24.4 Å². The van der Waals surface area contributed by atoms with Gasteiger partial charge in [0.2, 0.25) is 5.91 Å². The molecule has 2 aromatic carbocycles. The molecule has 2 aromatic rings. The molecule has 8 heteroatoms. The van der Waals surface area contributed by atoms with Crippen molar-refractivity contribution in [3.63, 3.8) is 0 Å². The van der Waals surface area contributed by atoms with Crippen LogP contribution in [0, 0.1) is 5.92 Å². The second kappa shape index (κ2) is 10.9. The number of nitrogens with zero attached hydrogens (tertiary/aromatic N) is 1. The first-order chi connectivity index (χ1) is 15.0. The number of hydrogen-bond acceptors (Lipinski definition) is 5. The number of rotatable bonds is 7. The van der Waals surface area contributed by atoms with Crippen LogP contribution in [0.2, 0.25) is 5.02 Å². The van der Waals surface area contributed by atoms with E-state index in [-0.39, 0.29) is 17.9 Å². The first-order valence-electron chi connectivity index (χ1n) is 10.4. The normalized spacial score (nSPS) is 14.1. The van der Waals surface area contributed by atoms with E-state index in [0.717, 1.165) is 5.75 Å². The van der Waals surface area contributed by atoms with Crippen LogP contribution in [0.5, 0.6) is 17.2 Å². The second-order valence-electron chi connectivity index (χ2n) is 7.10. The number of amides is 2. The van der Waals surface area contributed by atoms with E-state index in [4.69, 9.17) is 25.8 Å². The van der Waals surface area contributed by atoms with Gasteiger partial charge in [-0.25, -0.2) is 4.79 Å². The predicted molar refractivity (Wildman–Crippen MR) is 119 cm³/mol. The van der Waals surface area contributed by atoms with Crippen LogP contribution in [-0.4, -0.2) is 43.2 Å². The summed E-state index contributed by atoms with van der Waals surface area (Å²) in [6, 6.07) is 12.3. The largest absolute Gasteiger partial charge is 0.494 e. The standard InChI is InChI=1S/C23H27ClN2O5/c1-3-29-18-6-8-19(9-7-18)31-21-10-5-17(24)15-20(21)25-22(27)16-11-13-26(14-12-16)23(28)30-4-2/h5-10,15-16H,3-4,11-14H2,1-2H3,(H,25,27). The van der Waals surface area contributed by atoms with Gasteiger partial charge >= 0.3 is 6.09 Å². The third kappa shape index (κ3) is 6.28. The summed E-state index contributed by atoms with van der Waals surface area (Å²) in [5, 5.41) is 3.43. The summed E-state index contributed by atoms with van der Waals surface area (Å²) in [6.45, 7) is 5.60. The lowest BCUT2D eigenvalue weighted by molar-refractivity contribution is -0.121.